The van der Waals surface area contributed by atoms with Gasteiger partial charge in [0.15, 0.2) is 0 Å². The molecule has 3 heterocycles. The molecule has 1 aliphatic rings. The van der Waals surface area contributed by atoms with Crippen molar-refractivity contribution in [3.05, 3.63) is 60.2 Å². The highest BCUT2D eigenvalue weighted by molar-refractivity contribution is 5.34. The topological polar surface area (TPSA) is 51.8 Å². The van der Waals surface area contributed by atoms with Gasteiger partial charge < -0.3 is 9.13 Å². The first-order valence-corrected chi connectivity index (χ1v) is 8.04. The average molecular weight is 308 g/mol. The van der Waals surface area contributed by atoms with E-state index in [1.165, 1.54) is 5.56 Å². The molecular weight excluding hydrogens is 288 g/mol. The summed E-state index contributed by atoms with van der Waals surface area (Å²) >= 11 is 0. The lowest BCUT2D eigenvalue weighted by Gasteiger charge is -2.27. The monoisotopic (exact) mass is 308 g/mol. The van der Waals surface area contributed by atoms with E-state index in [2.05, 4.69) is 55.8 Å². The van der Waals surface area contributed by atoms with Gasteiger partial charge in [0.2, 0.25) is 0 Å². The third kappa shape index (κ3) is 2.77. The summed E-state index contributed by atoms with van der Waals surface area (Å²) in [5.41, 5.74) is 2.45. The van der Waals surface area contributed by atoms with E-state index in [0.717, 1.165) is 49.9 Å². The van der Waals surface area contributed by atoms with Gasteiger partial charge in [-0.05, 0) is 17.7 Å². The van der Waals surface area contributed by atoms with Crippen molar-refractivity contribution in [1.82, 2.24) is 29.2 Å². The van der Waals surface area contributed by atoms with Gasteiger partial charge in [-0.15, -0.1) is 10.2 Å². The lowest BCUT2D eigenvalue weighted by atomic mass is 10.2. The summed E-state index contributed by atoms with van der Waals surface area (Å²) in [4.78, 5) is 6.51. The predicted octanol–water partition coefficient (Wildman–Crippen LogP) is 2.04. The van der Waals surface area contributed by atoms with Crippen LogP contribution in [0.3, 0.4) is 0 Å². The number of benzene rings is 1. The van der Waals surface area contributed by atoms with Gasteiger partial charge in [0, 0.05) is 44.1 Å². The number of aromatic nitrogens is 5. The van der Waals surface area contributed by atoms with Gasteiger partial charge in [0.25, 0.3) is 0 Å². The highest BCUT2D eigenvalue weighted by Gasteiger charge is 2.20. The number of fused-ring (bicyclic) bond motifs is 1. The Bertz CT molecular complexity index is 772. The molecule has 6 heteroatoms. The summed E-state index contributed by atoms with van der Waals surface area (Å²) in [6.45, 7) is 5.97. The Hall–Kier alpha value is -2.47. The van der Waals surface area contributed by atoms with E-state index in [-0.39, 0.29) is 0 Å². The molecule has 3 aromatic rings. The molecule has 0 amide bonds. The van der Waals surface area contributed by atoms with E-state index in [0.29, 0.717) is 0 Å². The SMILES string of the molecule is CCc1nnc2n1CCN(Cc1ccc(-n3ccnc3)cc1)C2. The molecule has 0 aliphatic carbocycles. The summed E-state index contributed by atoms with van der Waals surface area (Å²) in [5.74, 6) is 2.19. The first kappa shape index (κ1) is 14.1. The summed E-state index contributed by atoms with van der Waals surface area (Å²) < 4.78 is 4.28. The van der Waals surface area contributed by atoms with Gasteiger partial charge in [-0.1, -0.05) is 19.1 Å². The number of aryl methyl sites for hydroxylation is 1. The molecule has 6 nitrogen and oxygen atoms in total. The Morgan fingerprint density at radius 2 is 1.96 bits per heavy atom. The molecule has 4 rings (SSSR count). The fourth-order valence-corrected chi connectivity index (χ4v) is 3.11. The maximum Gasteiger partial charge on any atom is 0.147 e. The molecule has 0 radical (unpaired) electrons. The number of imidazole rings is 1. The van der Waals surface area contributed by atoms with E-state index in [9.17, 15) is 0 Å². The van der Waals surface area contributed by atoms with Gasteiger partial charge in [-0.3, -0.25) is 4.90 Å². The van der Waals surface area contributed by atoms with Crippen LogP contribution in [0.2, 0.25) is 0 Å². The standard InChI is InChI=1S/C17H20N6/c1-2-16-19-20-17-12-21(9-10-23(16)17)11-14-3-5-15(6-4-14)22-8-7-18-13-22/h3-8,13H,2,9-12H2,1H3. The summed E-state index contributed by atoms with van der Waals surface area (Å²) in [6.07, 6.45) is 6.51. The largest absolute Gasteiger partial charge is 0.313 e. The zero-order chi connectivity index (χ0) is 15.6. The third-order valence-corrected chi connectivity index (χ3v) is 4.37. The molecular formula is C17H20N6. The second kappa shape index (κ2) is 5.96. The van der Waals surface area contributed by atoms with Crippen LogP contribution in [0.15, 0.2) is 43.0 Å². The Kier molecular flexibility index (Phi) is 3.67. The predicted molar refractivity (Wildman–Crippen MR) is 87.1 cm³/mol. The van der Waals surface area contributed by atoms with Crippen molar-refractivity contribution >= 4 is 0 Å². The molecule has 1 aliphatic heterocycles. The van der Waals surface area contributed by atoms with Crippen molar-refractivity contribution in [1.29, 1.82) is 0 Å². The van der Waals surface area contributed by atoms with Crippen LogP contribution in [-0.2, 0) is 26.1 Å². The van der Waals surface area contributed by atoms with E-state index < -0.39 is 0 Å². The summed E-state index contributed by atoms with van der Waals surface area (Å²) in [6, 6.07) is 8.65. The fraction of sp³-hybridized carbons (Fsp3) is 0.353. The highest BCUT2D eigenvalue weighted by atomic mass is 15.3. The second-order valence-electron chi connectivity index (χ2n) is 5.88. The maximum absolute atomic E-state index is 4.33. The van der Waals surface area contributed by atoms with Crippen LogP contribution in [0.5, 0.6) is 0 Å². The highest BCUT2D eigenvalue weighted by Crippen LogP contribution is 2.17. The number of rotatable bonds is 4. The number of hydrogen-bond acceptors (Lipinski definition) is 4. The van der Waals surface area contributed by atoms with Crippen molar-refractivity contribution in [2.24, 2.45) is 0 Å². The quantitative estimate of drug-likeness (QED) is 0.740. The minimum Gasteiger partial charge on any atom is -0.313 e. The van der Waals surface area contributed by atoms with Crippen molar-refractivity contribution < 1.29 is 0 Å². The minimum atomic E-state index is 0.871. The zero-order valence-electron chi connectivity index (χ0n) is 13.3. The van der Waals surface area contributed by atoms with Crippen molar-refractivity contribution in [3.63, 3.8) is 0 Å². The van der Waals surface area contributed by atoms with Crippen LogP contribution in [0.1, 0.15) is 24.1 Å². The van der Waals surface area contributed by atoms with Gasteiger partial charge in [-0.2, -0.15) is 0 Å². The second-order valence-corrected chi connectivity index (χ2v) is 5.88. The smallest absolute Gasteiger partial charge is 0.147 e. The zero-order valence-corrected chi connectivity index (χ0v) is 13.3. The van der Waals surface area contributed by atoms with Gasteiger partial charge in [-0.25, -0.2) is 4.98 Å². The molecule has 118 valence electrons. The molecule has 0 N–H and O–H groups in total. The van der Waals surface area contributed by atoms with E-state index >= 15 is 0 Å². The maximum atomic E-state index is 4.33. The Morgan fingerprint density at radius 1 is 1.09 bits per heavy atom. The average Bonchev–Trinajstić information content (AvgIpc) is 3.25. The molecule has 23 heavy (non-hydrogen) atoms. The van der Waals surface area contributed by atoms with E-state index in [4.69, 9.17) is 0 Å². The molecule has 0 saturated carbocycles. The molecule has 1 aromatic carbocycles. The minimum absolute atomic E-state index is 0.871. The lowest BCUT2D eigenvalue weighted by molar-refractivity contribution is 0.207. The van der Waals surface area contributed by atoms with Crippen LogP contribution >= 0.6 is 0 Å². The summed E-state index contributed by atoms with van der Waals surface area (Å²) in [7, 11) is 0. The molecule has 0 unspecified atom stereocenters. The van der Waals surface area contributed by atoms with Crippen LogP contribution in [0.4, 0.5) is 0 Å². The molecule has 0 atom stereocenters. The van der Waals surface area contributed by atoms with Gasteiger partial charge >= 0.3 is 0 Å². The Morgan fingerprint density at radius 3 is 2.70 bits per heavy atom. The summed E-state index contributed by atoms with van der Waals surface area (Å²) in [5, 5.41) is 8.60. The Balaban J connectivity index is 1.45. The first-order valence-electron chi connectivity index (χ1n) is 8.04. The number of nitrogens with zero attached hydrogens (tertiary/aromatic N) is 6. The van der Waals surface area contributed by atoms with Crippen LogP contribution in [0, 0.1) is 0 Å². The van der Waals surface area contributed by atoms with Crippen LogP contribution in [0.25, 0.3) is 5.69 Å². The molecule has 2 aromatic heterocycles. The van der Waals surface area contributed by atoms with Crippen molar-refractivity contribution in [2.45, 2.75) is 33.0 Å². The van der Waals surface area contributed by atoms with E-state index in [1.54, 1.807) is 6.20 Å². The number of hydrogen-bond donors (Lipinski definition) is 0. The van der Waals surface area contributed by atoms with Crippen molar-refractivity contribution in [3.8, 4) is 5.69 Å². The molecule has 0 saturated heterocycles. The Labute approximate surface area is 135 Å². The lowest BCUT2D eigenvalue weighted by Crippen LogP contribution is -2.33. The molecule has 0 fully saturated rings. The normalized spacial score (nSPS) is 14.8. The van der Waals surface area contributed by atoms with Crippen LogP contribution < -0.4 is 0 Å². The fourth-order valence-electron chi connectivity index (χ4n) is 3.11. The third-order valence-electron chi connectivity index (χ3n) is 4.37. The van der Waals surface area contributed by atoms with Crippen LogP contribution in [-0.4, -0.2) is 35.8 Å². The van der Waals surface area contributed by atoms with Crippen molar-refractivity contribution in [2.75, 3.05) is 6.54 Å². The van der Waals surface area contributed by atoms with Gasteiger partial charge in [0.05, 0.1) is 12.9 Å². The molecule has 0 spiro atoms. The first-order chi connectivity index (χ1) is 11.3. The van der Waals surface area contributed by atoms with E-state index in [1.807, 2.05) is 17.1 Å². The molecule has 0 bridgehead atoms. The van der Waals surface area contributed by atoms with Gasteiger partial charge in [0.1, 0.15) is 11.6 Å².